The molecule has 1 aromatic rings. The third-order valence-corrected chi connectivity index (χ3v) is 2.84. The Balaban J connectivity index is 2.43. The molecule has 19 heavy (non-hydrogen) atoms. The number of anilines is 1. The van der Waals surface area contributed by atoms with Crippen molar-refractivity contribution in [3.05, 3.63) is 29.8 Å². The van der Waals surface area contributed by atoms with Gasteiger partial charge in [0.05, 0.1) is 6.54 Å². The summed E-state index contributed by atoms with van der Waals surface area (Å²) in [6.45, 7) is 2.51. The first-order chi connectivity index (χ1) is 9.04. The number of likely N-dealkylation sites (N-methyl/N-ethyl adjacent to an activating group) is 2. The van der Waals surface area contributed by atoms with Crippen LogP contribution in [0.5, 0.6) is 0 Å². The van der Waals surface area contributed by atoms with Gasteiger partial charge in [-0.25, -0.2) is 0 Å². The third kappa shape index (κ3) is 4.99. The van der Waals surface area contributed by atoms with E-state index in [1.807, 2.05) is 31.2 Å². The average Bonchev–Trinajstić information content (AvgIpc) is 2.37. The van der Waals surface area contributed by atoms with Crippen molar-refractivity contribution in [1.29, 1.82) is 0 Å². The number of hydrogen-bond acceptors (Lipinski definition) is 3. The van der Waals surface area contributed by atoms with Crippen molar-refractivity contribution in [1.82, 2.24) is 10.2 Å². The van der Waals surface area contributed by atoms with Gasteiger partial charge in [-0.2, -0.15) is 0 Å². The zero-order chi connectivity index (χ0) is 14.3. The highest BCUT2D eigenvalue weighted by molar-refractivity contribution is 5.84. The molecular formula is C14H21N3O2. The molecule has 0 bridgehead atoms. The molecule has 0 aromatic heterocycles. The molecule has 0 fully saturated rings. The Bertz CT molecular complexity index is 446. The molecule has 0 saturated heterocycles. The van der Waals surface area contributed by atoms with Gasteiger partial charge >= 0.3 is 0 Å². The van der Waals surface area contributed by atoms with Crippen LogP contribution in [-0.2, 0) is 16.0 Å². The summed E-state index contributed by atoms with van der Waals surface area (Å²) < 4.78 is 0. The Labute approximate surface area is 113 Å². The summed E-state index contributed by atoms with van der Waals surface area (Å²) >= 11 is 0. The standard InChI is InChI=1S/C14H21N3O2/c1-3-16-13(18)10-17(2)14(19)9-8-11-6-4-5-7-12(11)15/h4-7H,3,8-10,15H2,1-2H3,(H,16,18). The van der Waals surface area contributed by atoms with Gasteiger partial charge in [-0.15, -0.1) is 0 Å². The van der Waals surface area contributed by atoms with Crippen molar-refractivity contribution in [2.45, 2.75) is 19.8 Å². The molecule has 3 N–H and O–H groups in total. The molecule has 0 aliphatic heterocycles. The van der Waals surface area contributed by atoms with Crippen LogP contribution in [0, 0.1) is 0 Å². The fraction of sp³-hybridized carbons (Fsp3) is 0.429. The van der Waals surface area contributed by atoms with Gasteiger partial charge in [-0.1, -0.05) is 18.2 Å². The maximum Gasteiger partial charge on any atom is 0.239 e. The SMILES string of the molecule is CCNC(=O)CN(C)C(=O)CCc1ccccc1N. The van der Waals surface area contributed by atoms with Gasteiger partial charge in [0.1, 0.15) is 0 Å². The number of rotatable bonds is 6. The Hall–Kier alpha value is -2.04. The quantitative estimate of drug-likeness (QED) is 0.745. The summed E-state index contributed by atoms with van der Waals surface area (Å²) in [6.07, 6.45) is 0.940. The van der Waals surface area contributed by atoms with E-state index in [1.165, 1.54) is 4.90 Å². The molecule has 0 spiro atoms. The third-order valence-electron chi connectivity index (χ3n) is 2.84. The van der Waals surface area contributed by atoms with E-state index in [0.717, 1.165) is 5.56 Å². The molecular weight excluding hydrogens is 242 g/mol. The molecule has 0 unspecified atom stereocenters. The summed E-state index contributed by atoms with van der Waals surface area (Å²) in [4.78, 5) is 24.7. The van der Waals surface area contributed by atoms with Crippen molar-refractivity contribution in [2.75, 3.05) is 25.9 Å². The average molecular weight is 263 g/mol. The predicted molar refractivity (Wildman–Crippen MR) is 75.5 cm³/mol. The van der Waals surface area contributed by atoms with Gasteiger partial charge in [0, 0.05) is 25.7 Å². The second-order valence-corrected chi connectivity index (χ2v) is 4.40. The molecule has 0 radical (unpaired) electrons. The molecule has 104 valence electrons. The molecule has 0 aliphatic carbocycles. The normalized spacial score (nSPS) is 10.0. The van der Waals surface area contributed by atoms with Crippen molar-refractivity contribution in [3.8, 4) is 0 Å². The molecule has 0 atom stereocenters. The topological polar surface area (TPSA) is 75.4 Å². The summed E-state index contributed by atoms with van der Waals surface area (Å²) in [5, 5.41) is 2.66. The number of nitrogen functional groups attached to an aromatic ring is 1. The predicted octanol–water partition coefficient (Wildman–Crippen LogP) is 0.796. The smallest absolute Gasteiger partial charge is 0.239 e. The molecule has 0 saturated carbocycles. The minimum absolute atomic E-state index is 0.0606. The van der Waals surface area contributed by atoms with Gasteiger partial charge in [-0.05, 0) is 25.0 Å². The summed E-state index contributed by atoms with van der Waals surface area (Å²) in [5.74, 6) is -0.202. The Morgan fingerprint density at radius 2 is 2.00 bits per heavy atom. The highest BCUT2D eigenvalue weighted by atomic mass is 16.2. The lowest BCUT2D eigenvalue weighted by Crippen LogP contribution is -2.38. The van der Waals surface area contributed by atoms with Crippen LogP contribution in [0.4, 0.5) is 5.69 Å². The number of carbonyl (C=O) groups is 2. The van der Waals surface area contributed by atoms with Crippen LogP contribution in [0.25, 0.3) is 0 Å². The number of nitrogens with one attached hydrogen (secondary N) is 1. The zero-order valence-corrected chi connectivity index (χ0v) is 11.5. The molecule has 5 heteroatoms. The molecule has 1 rings (SSSR count). The number of carbonyl (C=O) groups excluding carboxylic acids is 2. The van der Waals surface area contributed by atoms with Crippen LogP contribution in [0.2, 0.25) is 0 Å². The number of benzene rings is 1. The molecule has 2 amide bonds. The van der Waals surface area contributed by atoms with Crippen molar-refractivity contribution < 1.29 is 9.59 Å². The lowest BCUT2D eigenvalue weighted by molar-refractivity contribution is -0.134. The molecule has 5 nitrogen and oxygen atoms in total. The van der Waals surface area contributed by atoms with Crippen molar-refractivity contribution in [2.24, 2.45) is 0 Å². The summed E-state index contributed by atoms with van der Waals surface area (Å²) in [5.41, 5.74) is 7.47. The van der Waals surface area contributed by atoms with Crippen LogP contribution in [0.1, 0.15) is 18.9 Å². The number of nitrogens with zero attached hydrogens (tertiary/aromatic N) is 1. The van der Waals surface area contributed by atoms with Crippen LogP contribution in [0.15, 0.2) is 24.3 Å². The van der Waals surface area contributed by atoms with Crippen LogP contribution < -0.4 is 11.1 Å². The lowest BCUT2D eigenvalue weighted by atomic mass is 10.1. The van der Waals surface area contributed by atoms with Crippen LogP contribution in [-0.4, -0.2) is 36.9 Å². The summed E-state index contributed by atoms with van der Waals surface area (Å²) in [6, 6.07) is 7.49. The first kappa shape index (κ1) is 15.0. The second-order valence-electron chi connectivity index (χ2n) is 4.40. The van der Waals surface area contributed by atoms with E-state index in [1.54, 1.807) is 7.05 Å². The van der Waals surface area contributed by atoms with Gasteiger partial charge in [-0.3, -0.25) is 9.59 Å². The van der Waals surface area contributed by atoms with E-state index in [9.17, 15) is 9.59 Å². The highest BCUT2D eigenvalue weighted by Crippen LogP contribution is 2.13. The maximum absolute atomic E-state index is 11.9. The van der Waals surface area contributed by atoms with E-state index in [0.29, 0.717) is 25.1 Å². The Morgan fingerprint density at radius 1 is 1.32 bits per heavy atom. The van der Waals surface area contributed by atoms with E-state index in [-0.39, 0.29) is 18.4 Å². The van der Waals surface area contributed by atoms with E-state index >= 15 is 0 Å². The first-order valence-corrected chi connectivity index (χ1v) is 6.38. The minimum atomic E-state index is -0.141. The molecule has 0 aliphatic rings. The van der Waals surface area contributed by atoms with E-state index in [2.05, 4.69) is 5.32 Å². The van der Waals surface area contributed by atoms with Crippen molar-refractivity contribution >= 4 is 17.5 Å². The molecule has 0 heterocycles. The fourth-order valence-corrected chi connectivity index (χ4v) is 1.75. The zero-order valence-electron chi connectivity index (χ0n) is 11.5. The van der Waals surface area contributed by atoms with Crippen molar-refractivity contribution in [3.63, 3.8) is 0 Å². The number of para-hydroxylation sites is 1. The van der Waals surface area contributed by atoms with Gasteiger partial charge < -0.3 is 16.0 Å². The van der Waals surface area contributed by atoms with Crippen LogP contribution >= 0.6 is 0 Å². The second kappa shape index (κ2) is 7.41. The van der Waals surface area contributed by atoms with Gasteiger partial charge in [0.2, 0.25) is 11.8 Å². The van der Waals surface area contributed by atoms with E-state index in [4.69, 9.17) is 5.73 Å². The highest BCUT2D eigenvalue weighted by Gasteiger charge is 2.12. The van der Waals surface area contributed by atoms with Gasteiger partial charge in [0.25, 0.3) is 0 Å². The lowest BCUT2D eigenvalue weighted by Gasteiger charge is -2.16. The number of amides is 2. The van der Waals surface area contributed by atoms with E-state index < -0.39 is 0 Å². The van der Waals surface area contributed by atoms with Gasteiger partial charge in [0.15, 0.2) is 0 Å². The molecule has 1 aromatic carbocycles. The monoisotopic (exact) mass is 263 g/mol. The summed E-state index contributed by atoms with van der Waals surface area (Å²) in [7, 11) is 1.63. The number of aryl methyl sites for hydroxylation is 1. The van der Waals surface area contributed by atoms with Crippen LogP contribution in [0.3, 0.4) is 0 Å². The number of nitrogens with two attached hydrogens (primary N) is 1. The maximum atomic E-state index is 11.9. The minimum Gasteiger partial charge on any atom is -0.399 e. The fourth-order valence-electron chi connectivity index (χ4n) is 1.75. The first-order valence-electron chi connectivity index (χ1n) is 6.38. The Kier molecular flexibility index (Phi) is 5.85. The number of hydrogen-bond donors (Lipinski definition) is 2. The largest absolute Gasteiger partial charge is 0.399 e. The Morgan fingerprint density at radius 3 is 2.63 bits per heavy atom.